The first-order chi connectivity index (χ1) is 5.81. The first kappa shape index (κ1) is 13.3. The maximum atomic E-state index is 11.9. The third-order valence-electron chi connectivity index (χ3n) is 0.733. The van der Waals surface area contributed by atoms with Gasteiger partial charge in [0.1, 0.15) is 5.82 Å². The zero-order valence-corrected chi connectivity index (χ0v) is 7.84. The van der Waals surface area contributed by atoms with E-state index in [2.05, 4.69) is 12.3 Å². The molecular formula is C11H15F. The molecule has 0 N–H and O–H groups in total. The standard InChI is InChI=1S/C6H5F.C3H4.C2H6/c7-6-4-2-1-3-5-6;1-3-2;1-2/h1-5H;1H,2H3;1-2H3. The highest BCUT2D eigenvalue weighted by Gasteiger charge is 1.77. The highest BCUT2D eigenvalue weighted by Crippen LogP contribution is 1.91. The molecule has 0 aliphatic rings. The van der Waals surface area contributed by atoms with E-state index in [0.717, 1.165) is 0 Å². The van der Waals surface area contributed by atoms with Crippen LogP contribution in [0.5, 0.6) is 0 Å². The monoisotopic (exact) mass is 166 g/mol. The number of benzene rings is 1. The Hall–Kier alpha value is -1.29. The SMILES string of the molecule is C#CC.CC.Fc1ccccc1. The molecule has 0 amide bonds. The molecule has 1 aromatic rings. The van der Waals surface area contributed by atoms with Gasteiger partial charge in [-0.1, -0.05) is 32.0 Å². The molecule has 0 unspecified atom stereocenters. The number of hydrogen-bond acceptors (Lipinski definition) is 0. The Morgan fingerprint density at radius 1 is 1.17 bits per heavy atom. The molecule has 0 aromatic heterocycles. The maximum absolute atomic E-state index is 11.9. The lowest BCUT2D eigenvalue weighted by molar-refractivity contribution is 0.628. The van der Waals surface area contributed by atoms with Gasteiger partial charge in [-0.25, -0.2) is 4.39 Å². The van der Waals surface area contributed by atoms with Crippen LogP contribution in [-0.4, -0.2) is 0 Å². The minimum absolute atomic E-state index is 0.178. The van der Waals surface area contributed by atoms with Gasteiger partial charge in [0.05, 0.1) is 0 Å². The molecule has 0 spiro atoms. The summed E-state index contributed by atoms with van der Waals surface area (Å²) >= 11 is 0. The van der Waals surface area contributed by atoms with Crippen LogP contribution in [0.2, 0.25) is 0 Å². The van der Waals surface area contributed by atoms with Crippen LogP contribution in [0.3, 0.4) is 0 Å². The fourth-order valence-electron chi connectivity index (χ4n) is 0.415. The summed E-state index contributed by atoms with van der Waals surface area (Å²) in [7, 11) is 0. The molecule has 0 bridgehead atoms. The average molecular weight is 166 g/mol. The highest BCUT2D eigenvalue weighted by molar-refractivity contribution is 5.02. The van der Waals surface area contributed by atoms with E-state index in [1.54, 1.807) is 25.1 Å². The van der Waals surface area contributed by atoms with E-state index < -0.39 is 0 Å². The molecule has 0 heterocycles. The van der Waals surface area contributed by atoms with Gasteiger partial charge >= 0.3 is 0 Å². The second kappa shape index (κ2) is 12.4. The summed E-state index contributed by atoms with van der Waals surface area (Å²) in [6.07, 6.45) is 4.60. The van der Waals surface area contributed by atoms with Crippen molar-refractivity contribution in [3.05, 3.63) is 36.1 Å². The lowest BCUT2D eigenvalue weighted by Crippen LogP contribution is -1.63. The Morgan fingerprint density at radius 2 is 1.50 bits per heavy atom. The summed E-state index contributed by atoms with van der Waals surface area (Å²) < 4.78 is 11.9. The number of hydrogen-bond donors (Lipinski definition) is 0. The van der Waals surface area contributed by atoms with Gasteiger partial charge in [-0.2, -0.15) is 0 Å². The summed E-state index contributed by atoms with van der Waals surface area (Å²) in [4.78, 5) is 0. The van der Waals surface area contributed by atoms with Crippen molar-refractivity contribution in [1.82, 2.24) is 0 Å². The van der Waals surface area contributed by atoms with Gasteiger partial charge in [0.2, 0.25) is 0 Å². The Kier molecular flexibility index (Phi) is 13.7. The quantitative estimate of drug-likeness (QED) is 0.517. The molecule has 0 radical (unpaired) electrons. The molecule has 0 fully saturated rings. The van der Waals surface area contributed by atoms with Gasteiger partial charge in [0.15, 0.2) is 0 Å². The van der Waals surface area contributed by atoms with Crippen LogP contribution in [0.4, 0.5) is 4.39 Å². The molecular weight excluding hydrogens is 151 g/mol. The largest absolute Gasteiger partial charge is 0.207 e. The molecule has 0 saturated heterocycles. The average Bonchev–Trinajstić information content (AvgIpc) is 2.11. The van der Waals surface area contributed by atoms with Crippen molar-refractivity contribution >= 4 is 0 Å². The molecule has 0 aliphatic heterocycles. The highest BCUT2D eigenvalue weighted by atomic mass is 19.1. The Morgan fingerprint density at radius 3 is 1.67 bits per heavy atom. The van der Waals surface area contributed by atoms with Gasteiger partial charge in [-0.15, -0.1) is 12.3 Å². The molecule has 0 aliphatic carbocycles. The predicted molar refractivity (Wildman–Crippen MR) is 52.3 cm³/mol. The normalized spacial score (nSPS) is 6.25. The van der Waals surface area contributed by atoms with Crippen LogP contribution in [0, 0.1) is 18.2 Å². The van der Waals surface area contributed by atoms with Crippen LogP contribution in [-0.2, 0) is 0 Å². The third-order valence-corrected chi connectivity index (χ3v) is 0.733. The van der Waals surface area contributed by atoms with E-state index in [1.807, 2.05) is 13.8 Å². The molecule has 1 aromatic carbocycles. The minimum Gasteiger partial charge on any atom is -0.207 e. The van der Waals surface area contributed by atoms with E-state index in [-0.39, 0.29) is 5.82 Å². The lowest BCUT2D eigenvalue weighted by Gasteiger charge is -1.78. The second-order valence-electron chi connectivity index (χ2n) is 1.58. The van der Waals surface area contributed by atoms with E-state index in [9.17, 15) is 4.39 Å². The van der Waals surface area contributed by atoms with Crippen LogP contribution in [0.15, 0.2) is 30.3 Å². The van der Waals surface area contributed by atoms with Gasteiger partial charge in [-0.3, -0.25) is 0 Å². The van der Waals surface area contributed by atoms with Crippen LogP contribution >= 0.6 is 0 Å². The van der Waals surface area contributed by atoms with Crippen molar-refractivity contribution in [2.75, 3.05) is 0 Å². The molecule has 0 atom stereocenters. The second-order valence-corrected chi connectivity index (χ2v) is 1.58. The first-order valence-corrected chi connectivity index (χ1v) is 3.89. The predicted octanol–water partition coefficient (Wildman–Crippen LogP) is 3.49. The van der Waals surface area contributed by atoms with Gasteiger partial charge in [-0.05, 0) is 19.1 Å². The van der Waals surface area contributed by atoms with E-state index in [0.29, 0.717) is 0 Å². The maximum Gasteiger partial charge on any atom is 0.123 e. The Labute approximate surface area is 74.4 Å². The van der Waals surface area contributed by atoms with E-state index >= 15 is 0 Å². The summed E-state index contributed by atoms with van der Waals surface area (Å²) in [5.74, 6) is 2.07. The van der Waals surface area contributed by atoms with Crippen LogP contribution in [0.1, 0.15) is 20.8 Å². The fraction of sp³-hybridized carbons (Fsp3) is 0.273. The molecule has 1 rings (SSSR count). The number of rotatable bonds is 0. The topological polar surface area (TPSA) is 0 Å². The van der Waals surface area contributed by atoms with Gasteiger partial charge < -0.3 is 0 Å². The zero-order valence-electron chi connectivity index (χ0n) is 7.84. The summed E-state index contributed by atoms with van der Waals surface area (Å²) in [5, 5.41) is 0. The zero-order chi connectivity index (χ0) is 9.82. The minimum atomic E-state index is -0.178. The molecule has 66 valence electrons. The summed E-state index contributed by atoms with van der Waals surface area (Å²) in [5.41, 5.74) is 0. The molecule has 0 nitrogen and oxygen atoms in total. The molecule has 1 heteroatoms. The fourth-order valence-corrected chi connectivity index (χ4v) is 0.415. The molecule has 0 saturated carbocycles. The lowest BCUT2D eigenvalue weighted by atomic mass is 10.4. The smallest absolute Gasteiger partial charge is 0.123 e. The van der Waals surface area contributed by atoms with E-state index in [1.165, 1.54) is 12.1 Å². The third kappa shape index (κ3) is 11.5. The van der Waals surface area contributed by atoms with Gasteiger partial charge in [0.25, 0.3) is 0 Å². The molecule has 12 heavy (non-hydrogen) atoms. The summed E-state index contributed by atoms with van der Waals surface area (Å²) in [6, 6.07) is 7.94. The Balaban J connectivity index is 0. The van der Waals surface area contributed by atoms with Crippen molar-refractivity contribution in [3.8, 4) is 12.3 Å². The van der Waals surface area contributed by atoms with E-state index in [4.69, 9.17) is 0 Å². The first-order valence-electron chi connectivity index (χ1n) is 3.89. The van der Waals surface area contributed by atoms with Crippen molar-refractivity contribution in [2.24, 2.45) is 0 Å². The Bertz CT molecular complexity index is 196. The number of halogens is 1. The van der Waals surface area contributed by atoms with Gasteiger partial charge in [0, 0.05) is 0 Å². The van der Waals surface area contributed by atoms with Crippen LogP contribution < -0.4 is 0 Å². The number of terminal acetylenes is 1. The van der Waals surface area contributed by atoms with Crippen LogP contribution in [0.25, 0.3) is 0 Å². The van der Waals surface area contributed by atoms with Crippen molar-refractivity contribution in [1.29, 1.82) is 0 Å². The van der Waals surface area contributed by atoms with Crippen molar-refractivity contribution in [2.45, 2.75) is 20.8 Å². The van der Waals surface area contributed by atoms with Crippen molar-refractivity contribution in [3.63, 3.8) is 0 Å². The van der Waals surface area contributed by atoms with Crippen molar-refractivity contribution < 1.29 is 4.39 Å². The summed E-state index contributed by atoms with van der Waals surface area (Å²) in [6.45, 7) is 5.65.